The highest BCUT2D eigenvalue weighted by atomic mass is 32.1. The van der Waals surface area contributed by atoms with Gasteiger partial charge in [0.2, 0.25) is 5.88 Å². The van der Waals surface area contributed by atoms with Crippen molar-refractivity contribution in [1.29, 1.82) is 0 Å². The first kappa shape index (κ1) is 24.9. The summed E-state index contributed by atoms with van der Waals surface area (Å²) < 4.78 is 26.5. The molecular weight excluding hydrogens is 508 g/mol. The second kappa shape index (κ2) is 11.1. The zero-order valence-electron chi connectivity index (χ0n) is 20.2. The van der Waals surface area contributed by atoms with Crippen LogP contribution in [0.5, 0.6) is 17.4 Å². The Labute approximate surface area is 221 Å². The smallest absolute Gasteiger partial charge is 0.341 e. The highest BCUT2D eigenvalue weighted by Crippen LogP contribution is 2.35. The van der Waals surface area contributed by atoms with Crippen LogP contribution in [0.25, 0.3) is 22.3 Å². The van der Waals surface area contributed by atoms with Crippen molar-refractivity contribution in [3.63, 3.8) is 0 Å². The minimum atomic E-state index is -1.11. The Bertz CT molecular complexity index is 1600. The van der Waals surface area contributed by atoms with Crippen LogP contribution in [0.2, 0.25) is 0 Å². The summed E-state index contributed by atoms with van der Waals surface area (Å²) in [5.41, 5.74) is 5.41. The molecule has 0 aliphatic carbocycles. The van der Waals surface area contributed by atoms with E-state index in [0.29, 0.717) is 41.2 Å². The zero-order valence-corrected chi connectivity index (χ0v) is 21.1. The van der Waals surface area contributed by atoms with Crippen molar-refractivity contribution >= 4 is 35.2 Å². The number of methoxy groups -OCH3 is 1. The maximum absolute atomic E-state index is 11.6. The molecule has 0 aliphatic heterocycles. The molecule has 0 aliphatic rings. The van der Waals surface area contributed by atoms with Gasteiger partial charge in [0, 0.05) is 29.2 Å². The van der Waals surface area contributed by atoms with Gasteiger partial charge in [-0.2, -0.15) is 13.8 Å². The maximum atomic E-state index is 11.6. The Kier molecular flexibility index (Phi) is 7.27. The van der Waals surface area contributed by atoms with E-state index in [1.165, 1.54) is 7.11 Å². The third-order valence-electron chi connectivity index (χ3n) is 5.85. The number of rotatable bonds is 11. The third-order valence-corrected chi connectivity index (χ3v) is 6.41. The standard InChI is InChI=1S/C27H22N4O6S/c1-35-20-9-8-19(24(13-20)36-15-25(33)34)14-31-27(37-16-32)21(26(28-31)18-5-3-2-4-6-18)11-17-7-10-22-23(12-17)30-38-29-22/h2-10,12-13,16H,11,14-15H2,1H3,(H,33,34). The van der Waals surface area contributed by atoms with Crippen LogP contribution in [0.15, 0.2) is 66.7 Å². The lowest BCUT2D eigenvalue weighted by atomic mass is 10.0. The van der Waals surface area contributed by atoms with Crippen molar-refractivity contribution in [1.82, 2.24) is 18.5 Å². The van der Waals surface area contributed by atoms with Crippen molar-refractivity contribution < 1.29 is 28.9 Å². The van der Waals surface area contributed by atoms with E-state index in [1.54, 1.807) is 22.9 Å². The molecule has 192 valence electrons. The van der Waals surface area contributed by atoms with Crippen molar-refractivity contribution in [3.8, 4) is 28.6 Å². The summed E-state index contributed by atoms with van der Waals surface area (Å²) in [5.74, 6) is -0.000671. The number of hydrogen-bond acceptors (Lipinski definition) is 9. The van der Waals surface area contributed by atoms with E-state index in [9.17, 15) is 9.59 Å². The van der Waals surface area contributed by atoms with E-state index < -0.39 is 12.6 Å². The fraction of sp³-hybridized carbons (Fsp3) is 0.148. The maximum Gasteiger partial charge on any atom is 0.341 e. The summed E-state index contributed by atoms with van der Waals surface area (Å²) in [6, 6.07) is 20.5. The first-order valence-corrected chi connectivity index (χ1v) is 12.3. The Morgan fingerprint density at radius 2 is 1.87 bits per heavy atom. The van der Waals surface area contributed by atoms with Crippen LogP contribution in [-0.2, 0) is 22.6 Å². The van der Waals surface area contributed by atoms with Gasteiger partial charge in [-0.25, -0.2) is 9.48 Å². The Hall–Kier alpha value is -4.77. The molecule has 0 atom stereocenters. The SMILES string of the molecule is COc1ccc(Cn2nc(-c3ccccc3)c(Cc3ccc4nsnc4c3)c2OC=O)c(OCC(=O)O)c1. The molecule has 0 spiro atoms. The summed E-state index contributed by atoms with van der Waals surface area (Å²) in [4.78, 5) is 22.7. The number of ether oxygens (including phenoxy) is 3. The van der Waals surface area contributed by atoms with Gasteiger partial charge >= 0.3 is 5.97 Å². The van der Waals surface area contributed by atoms with Crippen LogP contribution in [0.4, 0.5) is 0 Å². The molecule has 0 saturated carbocycles. The Morgan fingerprint density at radius 3 is 2.63 bits per heavy atom. The van der Waals surface area contributed by atoms with Gasteiger partial charge in [0.1, 0.15) is 22.5 Å². The lowest BCUT2D eigenvalue weighted by molar-refractivity contribution is -0.139. The van der Waals surface area contributed by atoms with Gasteiger partial charge in [0.25, 0.3) is 6.47 Å². The van der Waals surface area contributed by atoms with Crippen LogP contribution >= 0.6 is 11.7 Å². The lowest BCUT2D eigenvalue weighted by Gasteiger charge is -2.13. The largest absolute Gasteiger partial charge is 0.497 e. The number of fused-ring (bicyclic) bond motifs is 1. The second-order valence-corrected chi connectivity index (χ2v) is 8.82. The summed E-state index contributed by atoms with van der Waals surface area (Å²) in [5, 5.41) is 13.9. The van der Waals surface area contributed by atoms with Crippen LogP contribution in [0.3, 0.4) is 0 Å². The molecule has 0 unspecified atom stereocenters. The summed E-state index contributed by atoms with van der Waals surface area (Å²) >= 11 is 1.15. The quantitative estimate of drug-likeness (QED) is 0.250. The highest BCUT2D eigenvalue weighted by Gasteiger charge is 2.23. The fourth-order valence-electron chi connectivity index (χ4n) is 4.13. The van der Waals surface area contributed by atoms with Crippen molar-refractivity contribution in [2.75, 3.05) is 13.7 Å². The monoisotopic (exact) mass is 530 g/mol. The number of nitrogens with zero attached hydrogens (tertiary/aromatic N) is 4. The predicted octanol–water partition coefficient (Wildman–Crippen LogP) is 4.20. The minimum Gasteiger partial charge on any atom is -0.497 e. The van der Waals surface area contributed by atoms with E-state index >= 15 is 0 Å². The van der Waals surface area contributed by atoms with Crippen molar-refractivity contribution in [3.05, 3.63) is 83.4 Å². The van der Waals surface area contributed by atoms with E-state index in [1.807, 2.05) is 48.5 Å². The van der Waals surface area contributed by atoms with Crippen LogP contribution in [-0.4, -0.2) is 49.8 Å². The first-order valence-electron chi connectivity index (χ1n) is 11.5. The Morgan fingerprint density at radius 1 is 1.05 bits per heavy atom. The van der Waals surface area contributed by atoms with E-state index in [0.717, 1.165) is 33.9 Å². The van der Waals surface area contributed by atoms with Gasteiger partial charge in [-0.3, -0.25) is 4.79 Å². The summed E-state index contributed by atoms with van der Waals surface area (Å²) in [6.07, 6.45) is 0.422. The van der Waals surface area contributed by atoms with Crippen LogP contribution in [0, 0.1) is 0 Å². The first-order chi connectivity index (χ1) is 18.6. The highest BCUT2D eigenvalue weighted by molar-refractivity contribution is 7.00. The van der Waals surface area contributed by atoms with E-state index in [2.05, 4.69) is 8.75 Å². The molecule has 38 heavy (non-hydrogen) atoms. The number of carboxylic acids is 1. The van der Waals surface area contributed by atoms with Gasteiger partial charge in [0.15, 0.2) is 6.61 Å². The molecular formula is C27H22N4O6S. The van der Waals surface area contributed by atoms with E-state index in [4.69, 9.17) is 24.4 Å². The fourth-order valence-corrected chi connectivity index (χ4v) is 4.64. The molecule has 0 saturated heterocycles. The average Bonchev–Trinajstić information content (AvgIpc) is 3.53. The average molecular weight is 531 g/mol. The molecule has 5 aromatic rings. The number of carboxylic acid groups (broad SMARTS) is 1. The van der Waals surface area contributed by atoms with Gasteiger partial charge in [0.05, 0.1) is 31.1 Å². The van der Waals surface area contributed by atoms with Crippen molar-refractivity contribution in [2.45, 2.75) is 13.0 Å². The summed E-state index contributed by atoms with van der Waals surface area (Å²) in [6.45, 7) is -0.00235. The molecule has 2 aromatic heterocycles. The second-order valence-electron chi connectivity index (χ2n) is 8.29. The number of carbonyl (C=O) groups is 2. The topological polar surface area (TPSA) is 126 Å². The van der Waals surface area contributed by atoms with E-state index in [-0.39, 0.29) is 12.4 Å². The number of carbonyl (C=O) groups excluding carboxylic acids is 1. The predicted molar refractivity (Wildman–Crippen MR) is 140 cm³/mol. The third kappa shape index (κ3) is 5.32. The summed E-state index contributed by atoms with van der Waals surface area (Å²) in [7, 11) is 1.51. The van der Waals surface area contributed by atoms with Crippen LogP contribution < -0.4 is 14.2 Å². The Balaban J connectivity index is 1.60. The number of hydrogen-bond donors (Lipinski definition) is 1. The zero-order chi connectivity index (χ0) is 26.5. The molecule has 11 heteroatoms. The lowest BCUT2D eigenvalue weighted by Crippen LogP contribution is -2.12. The number of benzene rings is 3. The molecule has 5 rings (SSSR count). The number of aliphatic carboxylic acids is 1. The van der Waals surface area contributed by atoms with Gasteiger partial charge in [-0.05, 0) is 29.8 Å². The molecule has 0 radical (unpaired) electrons. The minimum absolute atomic E-state index is 0.150. The van der Waals surface area contributed by atoms with Gasteiger partial charge < -0.3 is 19.3 Å². The molecule has 0 fully saturated rings. The molecule has 2 heterocycles. The molecule has 10 nitrogen and oxygen atoms in total. The molecule has 1 N–H and O–H groups in total. The van der Waals surface area contributed by atoms with Gasteiger partial charge in [-0.1, -0.05) is 36.4 Å². The normalized spacial score (nSPS) is 10.9. The number of aromatic nitrogens is 4. The molecule has 3 aromatic carbocycles. The van der Waals surface area contributed by atoms with Gasteiger partial charge in [-0.15, -0.1) is 0 Å². The van der Waals surface area contributed by atoms with Crippen molar-refractivity contribution in [2.24, 2.45) is 0 Å². The molecule has 0 amide bonds. The molecule has 0 bridgehead atoms. The van der Waals surface area contributed by atoms with Crippen LogP contribution in [0.1, 0.15) is 16.7 Å².